The highest BCUT2D eigenvalue weighted by Gasteiger charge is 2.12. The van der Waals surface area contributed by atoms with Crippen LogP contribution in [0.3, 0.4) is 0 Å². The average molecular weight is 313 g/mol. The van der Waals surface area contributed by atoms with Crippen LogP contribution in [0.5, 0.6) is 0 Å². The van der Waals surface area contributed by atoms with E-state index in [2.05, 4.69) is 20.3 Å². The topological polar surface area (TPSA) is 71.0 Å². The summed E-state index contributed by atoms with van der Waals surface area (Å²) in [6.07, 6.45) is 5.34. The summed E-state index contributed by atoms with van der Waals surface area (Å²) in [6, 6.07) is 5.70. The predicted octanol–water partition coefficient (Wildman–Crippen LogP) is 2.00. The number of amides is 1. The van der Waals surface area contributed by atoms with E-state index in [1.807, 2.05) is 37.9 Å². The summed E-state index contributed by atoms with van der Waals surface area (Å²) in [5.74, 6) is 0.418. The van der Waals surface area contributed by atoms with Crippen LogP contribution in [0.1, 0.15) is 35.1 Å². The lowest BCUT2D eigenvalue weighted by Crippen LogP contribution is -2.28. The summed E-state index contributed by atoms with van der Waals surface area (Å²) in [6.45, 7) is 5.31. The van der Waals surface area contributed by atoms with Crippen LogP contribution in [-0.4, -0.2) is 41.0 Å². The van der Waals surface area contributed by atoms with Gasteiger partial charge >= 0.3 is 0 Å². The van der Waals surface area contributed by atoms with Gasteiger partial charge in [-0.25, -0.2) is 9.97 Å². The van der Waals surface area contributed by atoms with Gasteiger partial charge in [0, 0.05) is 38.2 Å². The number of nitrogens with zero attached hydrogens (tertiary/aromatic N) is 4. The molecular weight excluding hydrogens is 290 g/mol. The Bertz CT molecular complexity index is 645. The number of nitrogens with one attached hydrogen (secondary N) is 1. The van der Waals surface area contributed by atoms with Gasteiger partial charge < -0.3 is 10.2 Å². The highest BCUT2D eigenvalue weighted by molar-refractivity contribution is 5.92. The molecule has 6 nitrogen and oxygen atoms in total. The van der Waals surface area contributed by atoms with Crippen molar-refractivity contribution in [1.29, 1.82) is 0 Å². The highest BCUT2D eigenvalue weighted by atomic mass is 16.1. The first-order chi connectivity index (χ1) is 11.1. The van der Waals surface area contributed by atoms with Crippen molar-refractivity contribution in [3.63, 3.8) is 0 Å². The molecule has 0 unspecified atom stereocenters. The van der Waals surface area contributed by atoms with Gasteiger partial charge in [0.15, 0.2) is 0 Å². The van der Waals surface area contributed by atoms with E-state index in [1.165, 1.54) is 5.56 Å². The number of carbonyl (C=O) groups excluding carboxylic acids is 1. The van der Waals surface area contributed by atoms with Crippen molar-refractivity contribution < 1.29 is 4.79 Å². The maximum atomic E-state index is 12.1. The summed E-state index contributed by atoms with van der Waals surface area (Å²) in [5, 5.41) is 2.85. The minimum Gasteiger partial charge on any atom is -0.351 e. The monoisotopic (exact) mass is 313 g/mol. The van der Waals surface area contributed by atoms with Crippen LogP contribution < -0.4 is 10.2 Å². The zero-order valence-corrected chi connectivity index (χ0v) is 13.9. The normalized spacial score (nSPS) is 10.4. The number of aromatic nitrogens is 3. The van der Waals surface area contributed by atoms with Gasteiger partial charge in [-0.3, -0.25) is 9.78 Å². The quantitative estimate of drug-likeness (QED) is 0.846. The van der Waals surface area contributed by atoms with Crippen molar-refractivity contribution in [2.45, 2.75) is 26.7 Å². The minimum absolute atomic E-state index is 0.152. The number of hydrogen-bond donors (Lipinski definition) is 1. The molecule has 0 spiro atoms. The standard InChI is InChI=1S/C17H23N5O/c1-4-8-19-16(23)15-12-13(2)20-17(21-15)22(3)11-7-14-5-9-18-10-6-14/h5-6,9-10,12H,4,7-8,11H2,1-3H3,(H,19,23). The number of aryl methyl sites for hydroxylation is 1. The summed E-state index contributed by atoms with van der Waals surface area (Å²) in [7, 11) is 1.93. The molecule has 0 bridgehead atoms. The first-order valence-corrected chi connectivity index (χ1v) is 7.84. The van der Waals surface area contributed by atoms with Gasteiger partial charge in [-0.15, -0.1) is 0 Å². The lowest BCUT2D eigenvalue weighted by Gasteiger charge is -2.18. The summed E-state index contributed by atoms with van der Waals surface area (Å²) >= 11 is 0. The molecule has 2 rings (SSSR count). The van der Waals surface area contributed by atoms with E-state index in [0.717, 1.165) is 25.1 Å². The Morgan fingerprint density at radius 3 is 2.70 bits per heavy atom. The van der Waals surface area contributed by atoms with Gasteiger partial charge in [0.2, 0.25) is 5.95 Å². The molecule has 2 aromatic heterocycles. The molecule has 0 saturated carbocycles. The molecule has 2 heterocycles. The number of rotatable bonds is 7. The molecule has 1 N–H and O–H groups in total. The molecule has 0 aliphatic heterocycles. The van der Waals surface area contributed by atoms with E-state index >= 15 is 0 Å². The number of likely N-dealkylation sites (N-methyl/N-ethyl adjacent to an activating group) is 1. The summed E-state index contributed by atoms with van der Waals surface area (Å²) < 4.78 is 0. The Kier molecular flexibility index (Phi) is 6.02. The largest absolute Gasteiger partial charge is 0.351 e. The van der Waals surface area contributed by atoms with Crippen LogP contribution in [0, 0.1) is 6.92 Å². The van der Waals surface area contributed by atoms with Gasteiger partial charge in [0.05, 0.1) is 0 Å². The number of carbonyl (C=O) groups is 1. The van der Waals surface area contributed by atoms with E-state index in [0.29, 0.717) is 18.2 Å². The van der Waals surface area contributed by atoms with Gasteiger partial charge in [-0.05, 0) is 43.5 Å². The van der Waals surface area contributed by atoms with Crippen molar-refractivity contribution in [2.75, 3.05) is 25.0 Å². The number of anilines is 1. The Balaban J connectivity index is 2.06. The van der Waals surface area contributed by atoms with Crippen LogP contribution in [0.2, 0.25) is 0 Å². The van der Waals surface area contributed by atoms with Crippen LogP contribution in [0.4, 0.5) is 5.95 Å². The minimum atomic E-state index is -0.152. The van der Waals surface area contributed by atoms with Crippen LogP contribution >= 0.6 is 0 Å². The predicted molar refractivity (Wildman–Crippen MR) is 90.6 cm³/mol. The molecule has 23 heavy (non-hydrogen) atoms. The summed E-state index contributed by atoms with van der Waals surface area (Å²) in [5.41, 5.74) is 2.41. The fraction of sp³-hybridized carbons (Fsp3) is 0.412. The third-order valence-electron chi connectivity index (χ3n) is 3.44. The van der Waals surface area contributed by atoms with Crippen molar-refractivity contribution in [3.05, 3.63) is 47.5 Å². The van der Waals surface area contributed by atoms with Gasteiger partial charge in [0.25, 0.3) is 5.91 Å². The molecule has 0 aromatic carbocycles. The molecule has 0 atom stereocenters. The van der Waals surface area contributed by atoms with E-state index in [-0.39, 0.29) is 5.91 Å². The maximum Gasteiger partial charge on any atom is 0.270 e. The molecule has 0 fully saturated rings. The molecule has 6 heteroatoms. The molecule has 0 aliphatic rings. The van der Waals surface area contributed by atoms with Gasteiger partial charge in [-0.1, -0.05) is 6.92 Å². The van der Waals surface area contributed by atoms with Crippen molar-refractivity contribution in [2.24, 2.45) is 0 Å². The van der Waals surface area contributed by atoms with E-state index in [4.69, 9.17) is 0 Å². The van der Waals surface area contributed by atoms with Crippen molar-refractivity contribution in [3.8, 4) is 0 Å². The molecule has 0 radical (unpaired) electrons. The fourth-order valence-electron chi connectivity index (χ4n) is 2.12. The first-order valence-electron chi connectivity index (χ1n) is 7.84. The molecule has 1 amide bonds. The lowest BCUT2D eigenvalue weighted by atomic mass is 10.2. The molecular formula is C17H23N5O. The number of hydrogen-bond acceptors (Lipinski definition) is 5. The Labute approximate surface area is 137 Å². The molecule has 2 aromatic rings. The van der Waals surface area contributed by atoms with Crippen molar-refractivity contribution >= 4 is 11.9 Å². The van der Waals surface area contributed by atoms with Crippen LogP contribution in [0.25, 0.3) is 0 Å². The Morgan fingerprint density at radius 2 is 2.00 bits per heavy atom. The number of pyridine rings is 1. The van der Waals surface area contributed by atoms with E-state index in [1.54, 1.807) is 18.5 Å². The Morgan fingerprint density at radius 1 is 1.26 bits per heavy atom. The van der Waals surface area contributed by atoms with Gasteiger partial charge in [0.1, 0.15) is 5.69 Å². The molecule has 122 valence electrons. The fourth-order valence-corrected chi connectivity index (χ4v) is 2.12. The second-order valence-electron chi connectivity index (χ2n) is 5.48. The van der Waals surface area contributed by atoms with Crippen LogP contribution in [0.15, 0.2) is 30.6 Å². The Hall–Kier alpha value is -2.50. The van der Waals surface area contributed by atoms with Crippen LogP contribution in [-0.2, 0) is 6.42 Å². The van der Waals surface area contributed by atoms with E-state index < -0.39 is 0 Å². The molecule has 0 saturated heterocycles. The van der Waals surface area contributed by atoms with E-state index in [9.17, 15) is 4.79 Å². The zero-order chi connectivity index (χ0) is 16.7. The third-order valence-corrected chi connectivity index (χ3v) is 3.44. The van der Waals surface area contributed by atoms with Crippen molar-refractivity contribution in [1.82, 2.24) is 20.3 Å². The van der Waals surface area contributed by atoms with Gasteiger partial charge in [-0.2, -0.15) is 0 Å². The second kappa shape index (κ2) is 8.22. The lowest BCUT2D eigenvalue weighted by molar-refractivity contribution is 0.0948. The first kappa shape index (κ1) is 16.9. The molecule has 0 aliphatic carbocycles. The third kappa shape index (κ3) is 5.02. The second-order valence-corrected chi connectivity index (χ2v) is 5.48. The summed E-state index contributed by atoms with van der Waals surface area (Å²) in [4.78, 5) is 26.9. The zero-order valence-electron chi connectivity index (χ0n) is 13.9. The smallest absolute Gasteiger partial charge is 0.270 e. The highest BCUT2D eigenvalue weighted by Crippen LogP contribution is 2.10. The maximum absolute atomic E-state index is 12.1. The average Bonchev–Trinajstić information content (AvgIpc) is 2.57. The SMILES string of the molecule is CCCNC(=O)c1cc(C)nc(N(C)CCc2ccncc2)n1.